The van der Waals surface area contributed by atoms with Crippen LogP contribution in [-0.2, 0) is 5.41 Å². The van der Waals surface area contributed by atoms with Crippen LogP contribution in [0.2, 0.25) is 0 Å². The van der Waals surface area contributed by atoms with E-state index in [9.17, 15) is 0 Å². The highest BCUT2D eigenvalue weighted by atomic mass is 14.3. The van der Waals surface area contributed by atoms with Crippen molar-refractivity contribution in [3.8, 4) is 0 Å². The molecule has 0 heteroatoms. The Morgan fingerprint density at radius 2 is 0.950 bits per heavy atom. The Morgan fingerprint density at radius 3 is 1.20 bits per heavy atom. The summed E-state index contributed by atoms with van der Waals surface area (Å²) in [7, 11) is 0. The van der Waals surface area contributed by atoms with Crippen molar-refractivity contribution in [2.75, 3.05) is 0 Å². The van der Waals surface area contributed by atoms with Crippen LogP contribution in [0.3, 0.4) is 0 Å². The fourth-order valence-electron chi connectivity index (χ4n) is 2.19. The lowest BCUT2D eigenvalue weighted by molar-refractivity contribution is 0.550. The Morgan fingerprint density at radius 1 is 0.650 bits per heavy atom. The molecule has 0 heterocycles. The normalized spacial score (nSPS) is 9.70. The Bertz CT molecular complexity index is 389. The van der Waals surface area contributed by atoms with Gasteiger partial charge in [-0.05, 0) is 17.5 Å². The predicted octanol–water partition coefficient (Wildman–Crippen LogP) is 6.46. The molecule has 110 valence electrons. The van der Waals surface area contributed by atoms with Crippen molar-refractivity contribution in [3.05, 3.63) is 71.8 Å². The molecule has 0 amide bonds. The molecule has 0 fully saturated rings. The number of hydrogen-bond donors (Lipinski definition) is 0. The minimum atomic E-state index is 0.127. The van der Waals surface area contributed by atoms with Gasteiger partial charge in [-0.3, -0.25) is 0 Å². The first-order valence-corrected chi connectivity index (χ1v) is 7.88. The van der Waals surface area contributed by atoms with Crippen molar-refractivity contribution in [2.45, 2.75) is 53.4 Å². The van der Waals surface area contributed by atoms with Crippen LogP contribution in [-0.4, -0.2) is 0 Å². The molecular weight excluding hydrogens is 240 g/mol. The van der Waals surface area contributed by atoms with Crippen LogP contribution in [0.4, 0.5) is 0 Å². The summed E-state index contributed by atoms with van der Waals surface area (Å²) in [6.45, 7) is 12.6. The molecule has 0 N–H and O–H groups in total. The van der Waals surface area contributed by atoms with Gasteiger partial charge in [0, 0.05) is 5.41 Å². The molecule has 0 atom stereocenters. The molecule has 0 spiro atoms. The third-order valence-corrected chi connectivity index (χ3v) is 3.53. The van der Waals surface area contributed by atoms with E-state index >= 15 is 0 Å². The summed E-state index contributed by atoms with van der Waals surface area (Å²) in [5, 5.41) is 0. The van der Waals surface area contributed by atoms with Crippen LogP contribution in [0.25, 0.3) is 0 Å². The number of benzene rings is 2. The molecule has 0 nitrogen and oxygen atoms in total. The van der Waals surface area contributed by atoms with Crippen molar-refractivity contribution < 1.29 is 0 Å². The Balaban J connectivity index is 0.000000829. The Labute approximate surface area is 125 Å². The minimum Gasteiger partial charge on any atom is -0.0683 e. The summed E-state index contributed by atoms with van der Waals surface area (Å²) < 4.78 is 0. The van der Waals surface area contributed by atoms with E-state index in [2.05, 4.69) is 74.5 Å². The highest BCUT2D eigenvalue weighted by Crippen LogP contribution is 2.34. The minimum absolute atomic E-state index is 0.127. The fraction of sp³-hybridized carbons (Fsp3) is 0.400. The molecule has 0 aromatic heterocycles. The van der Waals surface area contributed by atoms with E-state index in [4.69, 9.17) is 0 Å². The van der Waals surface area contributed by atoms with Crippen LogP contribution in [0.1, 0.15) is 59.1 Å². The van der Waals surface area contributed by atoms with Crippen molar-refractivity contribution in [1.82, 2.24) is 0 Å². The van der Waals surface area contributed by atoms with E-state index < -0.39 is 0 Å². The molecule has 0 saturated heterocycles. The van der Waals surface area contributed by atoms with E-state index in [-0.39, 0.29) is 5.41 Å². The van der Waals surface area contributed by atoms with Gasteiger partial charge in [-0.15, -0.1) is 0 Å². The molecular formula is C20H30. The third-order valence-electron chi connectivity index (χ3n) is 3.53. The van der Waals surface area contributed by atoms with Gasteiger partial charge in [0.15, 0.2) is 0 Å². The average molecular weight is 270 g/mol. The zero-order valence-electron chi connectivity index (χ0n) is 14.0. The molecule has 0 aliphatic carbocycles. The van der Waals surface area contributed by atoms with Gasteiger partial charge in [-0.1, -0.05) is 102 Å². The molecule has 0 aliphatic rings. The quantitative estimate of drug-likeness (QED) is 0.600. The number of hydrogen-bond acceptors (Lipinski definition) is 0. The lowest BCUT2D eigenvalue weighted by atomic mass is 9.74. The van der Waals surface area contributed by atoms with Gasteiger partial charge in [0.25, 0.3) is 0 Å². The average Bonchev–Trinajstić information content (AvgIpc) is 2.59. The van der Waals surface area contributed by atoms with Gasteiger partial charge in [-0.2, -0.15) is 0 Å². The third kappa shape index (κ3) is 4.52. The molecule has 0 saturated carbocycles. The second kappa shape index (κ2) is 10.3. The number of rotatable bonds is 3. The second-order valence-corrected chi connectivity index (χ2v) is 4.42. The van der Waals surface area contributed by atoms with Crippen LogP contribution >= 0.6 is 0 Å². The van der Waals surface area contributed by atoms with Crippen LogP contribution in [0.5, 0.6) is 0 Å². The van der Waals surface area contributed by atoms with Crippen molar-refractivity contribution in [3.63, 3.8) is 0 Å². The van der Waals surface area contributed by atoms with Crippen LogP contribution in [0.15, 0.2) is 60.7 Å². The molecule has 20 heavy (non-hydrogen) atoms. The Kier molecular flexibility index (Phi) is 9.45. The molecule has 0 radical (unpaired) electrons. The van der Waals surface area contributed by atoms with Crippen LogP contribution < -0.4 is 0 Å². The summed E-state index contributed by atoms with van der Waals surface area (Å²) in [6.07, 6.45) is 1.11. The van der Waals surface area contributed by atoms with E-state index in [1.54, 1.807) is 0 Å². The Hall–Kier alpha value is -1.56. The summed E-state index contributed by atoms with van der Waals surface area (Å²) in [5.74, 6) is 0. The summed E-state index contributed by atoms with van der Waals surface area (Å²) >= 11 is 0. The first kappa shape index (κ1) is 18.4. The summed E-state index contributed by atoms with van der Waals surface area (Å²) in [5.41, 5.74) is 2.91. The first-order chi connectivity index (χ1) is 9.77. The smallest absolute Gasteiger partial charge is 0.0172 e. The van der Waals surface area contributed by atoms with E-state index in [1.807, 2.05) is 27.7 Å². The predicted molar refractivity (Wildman–Crippen MR) is 92.3 cm³/mol. The summed E-state index contributed by atoms with van der Waals surface area (Å²) in [4.78, 5) is 0. The maximum Gasteiger partial charge on any atom is 0.0172 e. The van der Waals surface area contributed by atoms with E-state index in [0.29, 0.717) is 0 Å². The zero-order valence-corrected chi connectivity index (χ0v) is 14.0. The summed E-state index contributed by atoms with van der Waals surface area (Å²) in [6, 6.07) is 21.5. The highest BCUT2D eigenvalue weighted by molar-refractivity contribution is 5.37. The van der Waals surface area contributed by atoms with Crippen molar-refractivity contribution in [2.24, 2.45) is 0 Å². The second-order valence-electron chi connectivity index (χ2n) is 4.42. The topological polar surface area (TPSA) is 0 Å². The SMILES string of the molecule is CC.CC.CCC(C)(c1ccccc1)c1ccccc1. The van der Waals surface area contributed by atoms with Gasteiger partial charge < -0.3 is 0 Å². The van der Waals surface area contributed by atoms with Gasteiger partial charge in [-0.25, -0.2) is 0 Å². The zero-order chi connectivity index (χ0) is 15.4. The lowest BCUT2D eigenvalue weighted by Gasteiger charge is -2.29. The molecule has 0 unspecified atom stereocenters. The van der Waals surface area contributed by atoms with Gasteiger partial charge in [0.1, 0.15) is 0 Å². The molecule has 2 rings (SSSR count). The maximum absolute atomic E-state index is 2.32. The van der Waals surface area contributed by atoms with Gasteiger partial charge in [0.05, 0.1) is 0 Å². The molecule has 2 aromatic carbocycles. The standard InChI is InChI=1S/C16H18.2C2H6/c1-3-16(2,14-10-6-4-7-11-14)15-12-8-5-9-13-15;2*1-2/h4-13H,3H2,1-2H3;2*1-2H3. The van der Waals surface area contributed by atoms with E-state index in [1.165, 1.54) is 11.1 Å². The monoisotopic (exact) mass is 270 g/mol. The lowest BCUT2D eigenvalue weighted by Crippen LogP contribution is -2.22. The molecule has 0 aliphatic heterocycles. The van der Waals surface area contributed by atoms with Gasteiger partial charge >= 0.3 is 0 Å². The van der Waals surface area contributed by atoms with E-state index in [0.717, 1.165) is 6.42 Å². The molecule has 2 aromatic rings. The molecule has 0 bridgehead atoms. The first-order valence-electron chi connectivity index (χ1n) is 7.88. The van der Waals surface area contributed by atoms with Crippen molar-refractivity contribution in [1.29, 1.82) is 0 Å². The maximum atomic E-state index is 2.32. The largest absolute Gasteiger partial charge is 0.0683 e. The van der Waals surface area contributed by atoms with Crippen LogP contribution in [0, 0.1) is 0 Å². The highest BCUT2D eigenvalue weighted by Gasteiger charge is 2.25. The van der Waals surface area contributed by atoms with Crippen molar-refractivity contribution >= 4 is 0 Å². The van der Waals surface area contributed by atoms with Gasteiger partial charge in [0.2, 0.25) is 0 Å². The fourth-order valence-corrected chi connectivity index (χ4v) is 2.19.